The quantitative estimate of drug-likeness (QED) is 0.793. The maximum atomic E-state index is 13.4. The molecule has 0 saturated heterocycles. The first-order valence-electron chi connectivity index (χ1n) is 5.56. The van der Waals surface area contributed by atoms with Gasteiger partial charge in [-0.2, -0.15) is 0 Å². The van der Waals surface area contributed by atoms with Gasteiger partial charge in [0, 0.05) is 4.47 Å². The van der Waals surface area contributed by atoms with E-state index in [1.165, 1.54) is 18.2 Å². The summed E-state index contributed by atoms with van der Waals surface area (Å²) in [5.41, 5.74) is -0.0280. The summed E-state index contributed by atoms with van der Waals surface area (Å²) in [5.74, 6) is -2.02. The average Bonchev–Trinajstić information content (AvgIpc) is 2.30. The summed E-state index contributed by atoms with van der Waals surface area (Å²) >= 11 is 3.15. The van der Waals surface area contributed by atoms with Gasteiger partial charge >= 0.3 is 12.0 Å². The number of amides is 2. The van der Waals surface area contributed by atoms with Crippen molar-refractivity contribution in [3.05, 3.63) is 28.5 Å². The van der Waals surface area contributed by atoms with Gasteiger partial charge in [-0.25, -0.2) is 14.0 Å². The van der Waals surface area contributed by atoms with Gasteiger partial charge in [0.15, 0.2) is 0 Å². The molecule has 0 aromatic heterocycles. The van der Waals surface area contributed by atoms with E-state index in [4.69, 9.17) is 5.11 Å². The Kier molecular flexibility index (Phi) is 5.29. The van der Waals surface area contributed by atoms with Crippen LogP contribution in [0.25, 0.3) is 0 Å². The second-order valence-corrected chi connectivity index (χ2v) is 5.20. The lowest BCUT2D eigenvalue weighted by Gasteiger charge is -2.18. The van der Waals surface area contributed by atoms with Gasteiger partial charge < -0.3 is 15.7 Å². The Morgan fingerprint density at radius 2 is 2.00 bits per heavy atom. The van der Waals surface area contributed by atoms with Crippen LogP contribution in [0.3, 0.4) is 0 Å². The highest BCUT2D eigenvalue weighted by Gasteiger charge is 2.23. The monoisotopic (exact) mass is 332 g/mol. The van der Waals surface area contributed by atoms with Gasteiger partial charge in [0.05, 0.1) is 5.69 Å². The Balaban J connectivity index is 2.74. The largest absolute Gasteiger partial charge is 0.480 e. The van der Waals surface area contributed by atoms with Crippen molar-refractivity contribution >= 4 is 33.6 Å². The zero-order valence-corrected chi connectivity index (χ0v) is 12.0. The predicted molar refractivity (Wildman–Crippen MR) is 72.5 cm³/mol. The van der Waals surface area contributed by atoms with E-state index in [9.17, 15) is 14.0 Å². The molecule has 0 radical (unpaired) electrons. The van der Waals surface area contributed by atoms with Crippen LogP contribution in [0.2, 0.25) is 0 Å². The maximum Gasteiger partial charge on any atom is 0.326 e. The third-order valence-corrected chi connectivity index (χ3v) is 2.89. The van der Waals surface area contributed by atoms with E-state index in [1.807, 2.05) is 0 Å². The van der Waals surface area contributed by atoms with Crippen LogP contribution in [-0.4, -0.2) is 23.1 Å². The number of carboxylic acids is 1. The molecule has 0 saturated carbocycles. The van der Waals surface area contributed by atoms with Crippen LogP contribution in [0, 0.1) is 11.7 Å². The zero-order chi connectivity index (χ0) is 14.6. The molecule has 0 spiro atoms. The number of benzene rings is 1. The summed E-state index contributed by atoms with van der Waals surface area (Å²) in [6, 6.07) is 2.28. The van der Waals surface area contributed by atoms with Gasteiger partial charge in [0.25, 0.3) is 0 Å². The number of aliphatic carboxylic acids is 1. The smallest absolute Gasteiger partial charge is 0.326 e. The SMILES string of the molecule is CC(C)[C@H](NC(=O)Nc1cc(Br)ccc1F)C(=O)O. The molecule has 0 aliphatic heterocycles. The number of rotatable bonds is 4. The van der Waals surface area contributed by atoms with Crippen LogP contribution in [0.5, 0.6) is 0 Å². The third kappa shape index (κ3) is 4.51. The molecule has 5 nitrogen and oxygen atoms in total. The molecule has 104 valence electrons. The number of nitrogens with one attached hydrogen (secondary N) is 2. The standard InChI is InChI=1S/C12H14BrFN2O3/c1-6(2)10(11(17)18)16-12(19)15-9-5-7(13)3-4-8(9)14/h3-6,10H,1-2H3,(H,17,18)(H2,15,16,19)/t10-/m0/s1. The van der Waals surface area contributed by atoms with E-state index < -0.39 is 23.9 Å². The Hall–Kier alpha value is -1.63. The fourth-order valence-electron chi connectivity index (χ4n) is 1.41. The maximum absolute atomic E-state index is 13.4. The van der Waals surface area contributed by atoms with Crippen LogP contribution < -0.4 is 10.6 Å². The molecule has 1 aromatic carbocycles. The van der Waals surface area contributed by atoms with Gasteiger partial charge in [-0.05, 0) is 24.1 Å². The van der Waals surface area contributed by atoms with E-state index >= 15 is 0 Å². The molecule has 0 unspecified atom stereocenters. The summed E-state index contributed by atoms with van der Waals surface area (Å²) < 4.78 is 14.0. The lowest BCUT2D eigenvalue weighted by atomic mass is 10.1. The minimum Gasteiger partial charge on any atom is -0.480 e. The molecule has 7 heteroatoms. The zero-order valence-electron chi connectivity index (χ0n) is 10.4. The fourth-order valence-corrected chi connectivity index (χ4v) is 1.77. The van der Waals surface area contributed by atoms with Crippen LogP contribution in [0.15, 0.2) is 22.7 Å². The molecule has 0 aliphatic rings. The van der Waals surface area contributed by atoms with Gasteiger partial charge in [-0.15, -0.1) is 0 Å². The number of carboxylic acid groups (broad SMARTS) is 1. The number of urea groups is 1. The van der Waals surface area contributed by atoms with Gasteiger partial charge in [-0.3, -0.25) is 0 Å². The molecule has 1 aromatic rings. The molecular weight excluding hydrogens is 319 g/mol. The lowest BCUT2D eigenvalue weighted by Crippen LogP contribution is -2.46. The predicted octanol–water partition coefficient (Wildman–Crippen LogP) is 2.82. The number of anilines is 1. The lowest BCUT2D eigenvalue weighted by molar-refractivity contribution is -0.140. The minimum absolute atomic E-state index is 0.0280. The summed E-state index contributed by atoms with van der Waals surface area (Å²) in [7, 11) is 0. The number of carbonyl (C=O) groups excluding carboxylic acids is 1. The normalized spacial score (nSPS) is 12.1. The van der Waals surface area contributed by atoms with Gasteiger partial charge in [0.1, 0.15) is 11.9 Å². The van der Waals surface area contributed by atoms with E-state index in [1.54, 1.807) is 13.8 Å². The second-order valence-electron chi connectivity index (χ2n) is 4.28. The van der Waals surface area contributed by atoms with Crippen LogP contribution >= 0.6 is 15.9 Å². The summed E-state index contributed by atoms with van der Waals surface area (Å²) in [6.07, 6.45) is 0. The first-order valence-corrected chi connectivity index (χ1v) is 6.36. The molecule has 1 atom stereocenters. The van der Waals surface area contributed by atoms with Crippen LogP contribution in [0.1, 0.15) is 13.8 Å². The topological polar surface area (TPSA) is 78.4 Å². The van der Waals surface area contributed by atoms with Crippen molar-refractivity contribution in [1.82, 2.24) is 5.32 Å². The molecule has 19 heavy (non-hydrogen) atoms. The average molecular weight is 333 g/mol. The minimum atomic E-state index is -1.14. The Labute approximate surface area is 118 Å². The van der Waals surface area contributed by atoms with Crippen LogP contribution in [-0.2, 0) is 4.79 Å². The van der Waals surface area contributed by atoms with Gasteiger partial charge in [0.2, 0.25) is 0 Å². The first-order chi connectivity index (χ1) is 8.81. The van der Waals surface area contributed by atoms with Crippen molar-refractivity contribution in [2.45, 2.75) is 19.9 Å². The number of hydrogen-bond donors (Lipinski definition) is 3. The molecule has 0 fully saturated rings. The van der Waals surface area contributed by atoms with E-state index in [2.05, 4.69) is 26.6 Å². The summed E-state index contributed by atoms with van der Waals surface area (Å²) in [4.78, 5) is 22.6. The molecule has 0 bridgehead atoms. The molecular formula is C12H14BrFN2O3. The van der Waals surface area contributed by atoms with Crippen molar-refractivity contribution < 1.29 is 19.1 Å². The Bertz CT molecular complexity index is 494. The highest BCUT2D eigenvalue weighted by atomic mass is 79.9. The van der Waals surface area contributed by atoms with Crippen molar-refractivity contribution in [2.75, 3.05) is 5.32 Å². The third-order valence-electron chi connectivity index (χ3n) is 2.40. The van der Waals surface area contributed by atoms with Crippen molar-refractivity contribution in [3.63, 3.8) is 0 Å². The number of carbonyl (C=O) groups is 2. The van der Waals surface area contributed by atoms with Gasteiger partial charge in [-0.1, -0.05) is 29.8 Å². The molecule has 3 N–H and O–H groups in total. The van der Waals surface area contributed by atoms with Crippen molar-refractivity contribution in [3.8, 4) is 0 Å². The Morgan fingerprint density at radius 1 is 1.37 bits per heavy atom. The molecule has 0 aliphatic carbocycles. The molecule has 1 rings (SSSR count). The first kappa shape index (κ1) is 15.4. The second kappa shape index (κ2) is 6.51. The van der Waals surface area contributed by atoms with Crippen molar-refractivity contribution in [2.24, 2.45) is 5.92 Å². The van der Waals surface area contributed by atoms with E-state index in [0.717, 1.165) is 0 Å². The van der Waals surface area contributed by atoms with E-state index in [0.29, 0.717) is 4.47 Å². The van der Waals surface area contributed by atoms with Crippen molar-refractivity contribution in [1.29, 1.82) is 0 Å². The van der Waals surface area contributed by atoms with Crippen LogP contribution in [0.4, 0.5) is 14.9 Å². The molecule has 0 heterocycles. The molecule has 2 amide bonds. The number of hydrogen-bond acceptors (Lipinski definition) is 2. The summed E-state index contributed by atoms with van der Waals surface area (Å²) in [6.45, 7) is 3.33. The number of halogens is 2. The highest BCUT2D eigenvalue weighted by molar-refractivity contribution is 9.10. The fraction of sp³-hybridized carbons (Fsp3) is 0.333. The summed E-state index contributed by atoms with van der Waals surface area (Å²) in [5, 5.41) is 13.5. The highest BCUT2D eigenvalue weighted by Crippen LogP contribution is 2.19. The Morgan fingerprint density at radius 3 is 2.53 bits per heavy atom. The van der Waals surface area contributed by atoms with E-state index in [-0.39, 0.29) is 11.6 Å².